The normalized spacial score (nSPS) is 12.8. The number of carbonyl (C=O) groups is 1. The van der Waals surface area contributed by atoms with Gasteiger partial charge in [-0.15, -0.1) is 0 Å². The molecule has 0 aliphatic rings. The Morgan fingerprint density at radius 2 is 1.85 bits per heavy atom. The van der Waals surface area contributed by atoms with E-state index in [0.717, 1.165) is 0 Å². The molecule has 13 heavy (non-hydrogen) atoms. The number of hydrogen-bond acceptors (Lipinski definition) is 3. The van der Waals surface area contributed by atoms with E-state index in [0.29, 0.717) is 0 Å². The Morgan fingerprint density at radius 1 is 1.38 bits per heavy atom. The number of nitrogens with one attached hydrogen (secondary N) is 1. The van der Waals surface area contributed by atoms with Gasteiger partial charge >= 0.3 is 0 Å². The molecule has 4 heteroatoms. The molecule has 4 N–H and O–H groups in total. The third-order valence-corrected chi connectivity index (χ3v) is 2.58. The molecule has 0 fully saturated rings. The van der Waals surface area contributed by atoms with E-state index in [1.165, 1.54) is 0 Å². The van der Waals surface area contributed by atoms with Crippen molar-refractivity contribution >= 4 is 5.91 Å². The zero-order valence-electron chi connectivity index (χ0n) is 8.85. The topological polar surface area (TPSA) is 75.4 Å². The van der Waals surface area contributed by atoms with Crippen molar-refractivity contribution in [3.8, 4) is 0 Å². The highest BCUT2D eigenvalue weighted by molar-refractivity contribution is 5.83. The summed E-state index contributed by atoms with van der Waals surface area (Å²) < 4.78 is 0. The summed E-state index contributed by atoms with van der Waals surface area (Å²) in [6, 6.07) is 0. The lowest BCUT2D eigenvalue weighted by Gasteiger charge is -2.36. The number of rotatable bonds is 4. The maximum absolute atomic E-state index is 11.6. The van der Waals surface area contributed by atoms with Crippen molar-refractivity contribution in [2.45, 2.75) is 33.2 Å². The number of nitrogens with two attached hydrogens (primary N) is 1. The minimum atomic E-state index is -0.637. The molecule has 0 spiro atoms. The summed E-state index contributed by atoms with van der Waals surface area (Å²) >= 11 is 0. The molecule has 0 saturated carbocycles. The molecule has 0 aromatic carbocycles. The molecular formula is C9H20N2O2. The first-order valence-electron chi connectivity index (χ1n) is 4.41. The zero-order valence-corrected chi connectivity index (χ0v) is 8.85. The molecular weight excluding hydrogens is 168 g/mol. The van der Waals surface area contributed by atoms with Gasteiger partial charge in [0.1, 0.15) is 0 Å². The van der Waals surface area contributed by atoms with Crippen LogP contribution in [-0.4, -0.2) is 29.7 Å². The van der Waals surface area contributed by atoms with Crippen molar-refractivity contribution in [2.75, 3.05) is 13.2 Å². The number of aliphatic hydroxyl groups excluding tert-OH is 1. The maximum atomic E-state index is 11.6. The molecule has 0 aliphatic heterocycles. The van der Waals surface area contributed by atoms with Crippen molar-refractivity contribution in [2.24, 2.45) is 11.1 Å². The second kappa shape index (κ2) is 4.07. The number of amides is 1. The molecule has 4 nitrogen and oxygen atoms in total. The van der Waals surface area contributed by atoms with E-state index in [-0.39, 0.29) is 19.1 Å². The van der Waals surface area contributed by atoms with E-state index in [4.69, 9.17) is 10.8 Å². The highest BCUT2D eigenvalue weighted by Gasteiger charge is 2.39. The van der Waals surface area contributed by atoms with Gasteiger partial charge in [0.05, 0.1) is 12.0 Å². The highest BCUT2D eigenvalue weighted by Crippen LogP contribution is 2.27. The third-order valence-electron chi connectivity index (χ3n) is 2.58. The second-order valence-corrected chi connectivity index (χ2v) is 4.33. The van der Waals surface area contributed by atoms with Crippen molar-refractivity contribution in [3.63, 3.8) is 0 Å². The lowest BCUT2D eigenvalue weighted by molar-refractivity contribution is -0.132. The minimum Gasteiger partial charge on any atom is -0.395 e. The van der Waals surface area contributed by atoms with Crippen LogP contribution < -0.4 is 11.1 Å². The predicted octanol–water partition coefficient (Wildman–Crippen LogP) is -0.142. The van der Waals surface area contributed by atoms with Gasteiger partial charge in [0, 0.05) is 12.1 Å². The summed E-state index contributed by atoms with van der Waals surface area (Å²) in [5.41, 5.74) is 4.65. The fourth-order valence-electron chi connectivity index (χ4n) is 0.683. The summed E-state index contributed by atoms with van der Waals surface area (Å²) in [5.74, 6) is -0.131. The summed E-state index contributed by atoms with van der Waals surface area (Å²) in [5, 5.41) is 11.1. The molecule has 0 radical (unpaired) electrons. The molecule has 0 rings (SSSR count). The molecule has 0 atom stereocenters. The van der Waals surface area contributed by atoms with Gasteiger partial charge in [-0.1, -0.05) is 0 Å². The third kappa shape index (κ3) is 2.97. The van der Waals surface area contributed by atoms with Crippen molar-refractivity contribution in [1.82, 2.24) is 5.32 Å². The minimum absolute atomic E-state index is 0.0488. The van der Waals surface area contributed by atoms with E-state index in [1.807, 2.05) is 13.8 Å². The fourth-order valence-corrected chi connectivity index (χ4v) is 0.683. The smallest absolute Gasteiger partial charge is 0.227 e. The van der Waals surface area contributed by atoms with E-state index in [2.05, 4.69) is 5.32 Å². The van der Waals surface area contributed by atoms with E-state index in [9.17, 15) is 4.79 Å². The first-order chi connectivity index (χ1) is 5.73. The van der Waals surface area contributed by atoms with Crippen LogP contribution in [0.4, 0.5) is 0 Å². The Bertz CT molecular complexity index is 183. The number of hydrogen-bond donors (Lipinski definition) is 3. The van der Waals surface area contributed by atoms with Crippen LogP contribution in [0.1, 0.15) is 27.7 Å². The Kier molecular flexibility index (Phi) is 3.88. The first-order valence-corrected chi connectivity index (χ1v) is 4.41. The van der Waals surface area contributed by atoms with Crippen LogP contribution in [0, 0.1) is 5.41 Å². The van der Waals surface area contributed by atoms with Crippen LogP contribution in [0.15, 0.2) is 0 Å². The average molecular weight is 188 g/mol. The van der Waals surface area contributed by atoms with Crippen LogP contribution >= 0.6 is 0 Å². The Labute approximate surface area is 79.5 Å². The Balaban J connectivity index is 4.37. The van der Waals surface area contributed by atoms with E-state index >= 15 is 0 Å². The summed E-state index contributed by atoms with van der Waals surface area (Å²) in [6.07, 6.45) is 0. The van der Waals surface area contributed by atoms with Gasteiger partial charge in [-0.25, -0.2) is 0 Å². The Hall–Kier alpha value is -0.610. The largest absolute Gasteiger partial charge is 0.395 e. The summed E-state index contributed by atoms with van der Waals surface area (Å²) in [4.78, 5) is 11.6. The predicted molar refractivity (Wildman–Crippen MR) is 52.1 cm³/mol. The van der Waals surface area contributed by atoms with Crippen LogP contribution in [0.3, 0.4) is 0 Å². The van der Waals surface area contributed by atoms with Crippen molar-refractivity contribution < 1.29 is 9.90 Å². The van der Waals surface area contributed by atoms with Gasteiger partial charge in [0.2, 0.25) is 5.91 Å². The summed E-state index contributed by atoms with van der Waals surface area (Å²) in [6.45, 7) is 7.43. The molecule has 0 unspecified atom stereocenters. The highest BCUT2D eigenvalue weighted by atomic mass is 16.3. The van der Waals surface area contributed by atoms with E-state index in [1.54, 1.807) is 13.8 Å². The fraction of sp³-hybridized carbons (Fsp3) is 0.889. The van der Waals surface area contributed by atoms with Gasteiger partial charge in [0.25, 0.3) is 0 Å². The van der Waals surface area contributed by atoms with Gasteiger partial charge in [-0.3, -0.25) is 4.79 Å². The summed E-state index contributed by atoms with van der Waals surface area (Å²) in [7, 11) is 0. The molecule has 78 valence electrons. The molecule has 0 saturated heterocycles. The average Bonchev–Trinajstić information content (AvgIpc) is 1.97. The number of aliphatic hydroxyl groups is 1. The quantitative estimate of drug-likeness (QED) is 0.574. The van der Waals surface area contributed by atoms with Crippen LogP contribution in [0.5, 0.6) is 0 Å². The maximum Gasteiger partial charge on any atom is 0.227 e. The monoisotopic (exact) mass is 188 g/mol. The van der Waals surface area contributed by atoms with Crippen LogP contribution in [0.2, 0.25) is 0 Å². The molecule has 0 aromatic rings. The SMILES string of the molecule is CC(C)(N)C(C)(C)C(=O)NCCO. The van der Waals surface area contributed by atoms with E-state index < -0.39 is 11.0 Å². The second-order valence-electron chi connectivity index (χ2n) is 4.33. The van der Waals surface area contributed by atoms with Crippen molar-refractivity contribution in [1.29, 1.82) is 0 Å². The van der Waals surface area contributed by atoms with Gasteiger partial charge in [-0.05, 0) is 27.7 Å². The Morgan fingerprint density at radius 3 is 2.15 bits per heavy atom. The number of carbonyl (C=O) groups excluding carboxylic acids is 1. The van der Waals surface area contributed by atoms with Crippen molar-refractivity contribution in [3.05, 3.63) is 0 Å². The van der Waals surface area contributed by atoms with Crippen LogP contribution in [0.25, 0.3) is 0 Å². The first kappa shape index (κ1) is 12.4. The van der Waals surface area contributed by atoms with Gasteiger partial charge < -0.3 is 16.2 Å². The molecule has 0 heterocycles. The molecule has 1 amide bonds. The lowest BCUT2D eigenvalue weighted by atomic mass is 9.74. The molecule has 0 aromatic heterocycles. The molecule has 0 bridgehead atoms. The standard InChI is InChI=1S/C9H20N2O2/c1-8(2,9(3,4)10)7(13)11-5-6-12/h12H,5-6,10H2,1-4H3,(H,11,13). The lowest BCUT2D eigenvalue weighted by Crippen LogP contribution is -2.55. The van der Waals surface area contributed by atoms with Crippen LogP contribution in [-0.2, 0) is 4.79 Å². The van der Waals surface area contributed by atoms with Gasteiger partial charge in [-0.2, -0.15) is 0 Å². The zero-order chi connectivity index (χ0) is 10.7. The van der Waals surface area contributed by atoms with Gasteiger partial charge in [0.15, 0.2) is 0 Å². The molecule has 0 aliphatic carbocycles.